The molecule has 2 amide bonds. The van der Waals surface area contributed by atoms with Crippen LogP contribution in [0.5, 0.6) is 0 Å². The van der Waals surface area contributed by atoms with Crippen LogP contribution in [-0.2, 0) is 19.2 Å². The van der Waals surface area contributed by atoms with Gasteiger partial charge in [-0.2, -0.15) is 0 Å². The van der Waals surface area contributed by atoms with Crippen molar-refractivity contribution in [2.45, 2.75) is 57.7 Å². The Hall–Kier alpha value is -1.87. The van der Waals surface area contributed by atoms with E-state index in [0.29, 0.717) is 12.8 Å². The van der Waals surface area contributed by atoms with Crippen LogP contribution in [0.25, 0.3) is 0 Å². The molecule has 2 aliphatic carbocycles. The van der Waals surface area contributed by atoms with Gasteiger partial charge in [0, 0.05) is 5.92 Å². The number of hydrogen-bond donors (Lipinski definition) is 5. The molecule has 6 atom stereocenters. The molecule has 10 heteroatoms. The van der Waals surface area contributed by atoms with Crippen molar-refractivity contribution >= 4 is 36.2 Å². The van der Waals surface area contributed by atoms with Crippen molar-refractivity contribution in [2.24, 2.45) is 29.4 Å². The van der Waals surface area contributed by atoms with E-state index in [1.165, 1.54) is 6.92 Å². The molecule has 0 aromatic carbocycles. The smallest absolute Gasteiger partial charge is 0.329 e. The highest BCUT2D eigenvalue weighted by molar-refractivity contribution is 5.94. The molecule has 9 nitrogen and oxygen atoms in total. The van der Waals surface area contributed by atoms with E-state index in [9.17, 15) is 29.4 Å². The molecule has 6 N–H and O–H groups in total. The van der Waals surface area contributed by atoms with Gasteiger partial charge in [0.2, 0.25) is 11.8 Å². The molecule has 2 rings (SSSR count). The summed E-state index contributed by atoms with van der Waals surface area (Å²) < 4.78 is 0. The predicted molar refractivity (Wildman–Crippen MR) is 98.1 cm³/mol. The van der Waals surface area contributed by atoms with Gasteiger partial charge in [0.1, 0.15) is 11.6 Å². The quantitative estimate of drug-likeness (QED) is 0.379. The number of fused-ring (bicyclic) bond motifs is 1. The lowest BCUT2D eigenvalue weighted by molar-refractivity contribution is -0.150. The van der Waals surface area contributed by atoms with Crippen molar-refractivity contribution < 1.29 is 29.4 Å². The fourth-order valence-corrected chi connectivity index (χ4v) is 4.06. The Kier molecular flexibility index (Phi) is 7.24. The third-order valence-corrected chi connectivity index (χ3v) is 5.38. The molecule has 27 heavy (non-hydrogen) atoms. The molecule has 0 aromatic heterocycles. The summed E-state index contributed by atoms with van der Waals surface area (Å²) in [6, 6.07) is -1.73. The summed E-state index contributed by atoms with van der Waals surface area (Å²) in [5.74, 6) is -4.92. The van der Waals surface area contributed by atoms with Crippen LogP contribution in [0.4, 0.5) is 0 Å². The summed E-state index contributed by atoms with van der Waals surface area (Å²) in [5.41, 5.74) is 3.93. The number of carbonyl (C=O) groups is 4. The minimum absolute atomic E-state index is 0. The van der Waals surface area contributed by atoms with Gasteiger partial charge in [0.15, 0.2) is 0 Å². The molecular weight excluding hydrogens is 378 g/mol. The number of amides is 2. The predicted octanol–water partition coefficient (Wildman–Crippen LogP) is -0.0335. The van der Waals surface area contributed by atoms with Gasteiger partial charge in [-0.15, -0.1) is 12.4 Å². The van der Waals surface area contributed by atoms with Crippen LogP contribution in [0, 0.1) is 23.7 Å². The number of carboxylic acids is 2. The lowest BCUT2D eigenvalue weighted by Gasteiger charge is -2.31. The Morgan fingerprint density at radius 2 is 1.74 bits per heavy atom. The van der Waals surface area contributed by atoms with Crippen molar-refractivity contribution in [1.29, 1.82) is 0 Å². The maximum absolute atomic E-state index is 12.8. The maximum atomic E-state index is 12.8. The van der Waals surface area contributed by atoms with Gasteiger partial charge in [-0.3, -0.25) is 14.4 Å². The number of halogens is 1. The normalized spacial score (nSPS) is 30.5. The molecule has 0 saturated heterocycles. The highest BCUT2D eigenvalue weighted by Crippen LogP contribution is 2.62. The zero-order valence-corrected chi connectivity index (χ0v) is 16.4. The van der Waals surface area contributed by atoms with Gasteiger partial charge in [0.05, 0.1) is 12.0 Å². The number of rotatable bonds is 8. The van der Waals surface area contributed by atoms with Crippen molar-refractivity contribution in [1.82, 2.24) is 10.6 Å². The first-order valence-corrected chi connectivity index (χ1v) is 8.85. The van der Waals surface area contributed by atoms with Crippen LogP contribution in [0.3, 0.4) is 0 Å². The van der Waals surface area contributed by atoms with Crippen LogP contribution in [0.15, 0.2) is 0 Å². The van der Waals surface area contributed by atoms with Crippen molar-refractivity contribution in [3.63, 3.8) is 0 Å². The second-order valence-corrected chi connectivity index (χ2v) is 7.84. The van der Waals surface area contributed by atoms with E-state index in [2.05, 4.69) is 10.6 Å². The molecule has 0 heterocycles. The number of aliphatic carboxylic acids is 2. The average Bonchev–Trinajstić information content (AvgIpc) is 3.14. The monoisotopic (exact) mass is 405 g/mol. The molecule has 0 radical (unpaired) electrons. The Morgan fingerprint density at radius 3 is 2.15 bits per heavy atom. The van der Waals surface area contributed by atoms with E-state index in [1.807, 2.05) is 13.8 Å². The molecule has 0 unspecified atom stereocenters. The summed E-state index contributed by atoms with van der Waals surface area (Å²) >= 11 is 0. The largest absolute Gasteiger partial charge is 0.481 e. The first-order chi connectivity index (χ1) is 12.0. The molecule has 154 valence electrons. The summed E-state index contributed by atoms with van der Waals surface area (Å²) in [4.78, 5) is 47.9. The first kappa shape index (κ1) is 23.2. The van der Waals surface area contributed by atoms with E-state index in [-0.39, 0.29) is 30.7 Å². The standard InChI is InChI=1S/C17H27N3O6.ClH/c1-7(2)6-10(19-13(21)8(3)18)14(22)20-17(16(25)26)5-4-9-11(12(9)17)15(23)24;/h7-12H,4-6,18H2,1-3H3,(H,19,21)(H,20,22)(H,23,24)(H,25,26);1H/t8-,9-,10-,11-,12-,17-;/m0./s1. The molecule has 0 aromatic rings. The van der Waals surface area contributed by atoms with E-state index in [1.54, 1.807) is 0 Å². The van der Waals surface area contributed by atoms with E-state index in [4.69, 9.17) is 5.73 Å². The third-order valence-electron chi connectivity index (χ3n) is 5.38. The van der Waals surface area contributed by atoms with Gasteiger partial charge in [-0.25, -0.2) is 4.79 Å². The maximum Gasteiger partial charge on any atom is 0.329 e. The van der Waals surface area contributed by atoms with E-state index >= 15 is 0 Å². The third kappa shape index (κ3) is 4.52. The van der Waals surface area contributed by atoms with Gasteiger partial charge in [-0.1, -0.05) is 13.8 Å². The Labute approximate surface area is 163 Å². The summed E-state index contributed by atoms with van der Waals surface area (Å²) in [5, 5.41) is 24.1. The van der Waals surface area contributed by atoms with Crippen molar-refractivity contribution in [3.05, 3.63) is 0 Å². The fraction of sp³-hybridized carbons (Fsp3) is 0.765. The van der Waals surface area contributed by atoms with Gasteiger partial charge in [-0.05, 0) is 38.0 Å². The van der Waals surface area contributed by atoms with Crippen molar-refractivity contribution in [3.8, 4) is 0 Å². The number of hydrogen-bond acceptors (Lipinski definition) is 5. The minimum Gasteiger partial charge on any atom is -0.481 e. The van der Waals surface area contributed by atoms with Crippen LogP contribution in [0.1, 0.15) is 40.0 Å². The van der Waals surface area contributed by atoms with E-state index < -0.39 is 53.2 Å². The zero-order valence-electron chi connectivity index (χ0n) is 15.6. The molecule has 2 saturated carbocycles. The number of nitrogens with two attached hydrogens (primary N) is 1. The lowest BCUT2D eigenvalue weighted by Crippen LogP contribution is -2.61. The molecule has 2 fully saturated rings. The average molecular weight is 406 g/mol. The number of carboxylic acid groups (broad SMARTS) is 2. The first-order valence-electron chi connectivity index (χ1n) is 8.85. The fourth-order valence-electron chi connectivity index (χ4n) is 4.06. The lowest BCUT2D eigenvalue weighted by atomic mass is 9.89. The van der Waals surface area contributed by atoms with Crippen LogP contribution in [-0.4, -0.2) is 51.6 Å². The Bertz CT molecular complexity index is 626. The molecule has 2 aliphatic rings. The second-order valence-electron chi connectivity index (χ2n) is 7.84. The summed E-state index contributed by atoms with van der Waals surface area (Å²) in [7, 11) is 0. The molecular formula is C17H28ClN3O6. The Balaban J connectivity index is 0.00000364. The number of nitrogens with one attached hydrogen (secondary N) is 2. The zero-order chi connectivity index (χ0) is 19.8. The van der Waals surface area contributed by atoms with Gasteiger partial charge in [0.25, 0.3) is 0 Å². The molecule has 0 bridgehead atoms. The number of carbonyl (C=O) groups excluding carboxylic acids is 2. The summed E-state index contributed by atoms with van der Waals surface area (Å²) in [6.07, 6.45) is 0.939. The SMILES string of the molecule is CC(C)C[C@H](NC(=O)[C@H](C)N)C(=O)N[C@@]1(C(=O)O)CC[C@H]2[C@H](C(=O)O)[C@H]21.Cl. The molecule has 0 spiro atoms. The van der Waals surface area contributed by atoms with Crippen LogP contribution < -0.4 is 16.4 Å². The summed E-state index contributed by atoms with van der Waals surface area (Å²) in [6.45, 7) is 5.23. The van der Waals surface area contributed by atoms with E-state index in [0.717, 1.165) is 0 Å². The second kappa shape index (κ2) is 8.43. The van der Waals surface area contributed by atoms with Crippen LogP contribution in [0.2, 0.25) is 0 Å². The highest BCUT2D eigenvalue weighted by Gasteiger charge is 2.72. The highest BCUT2D eigenvalue weighted by atomic mass is 35.5. The van der Waals surface area contributed by atoms with Crippen LogP contribution >= 0.6 is 12.4 Å². The minimum atomic E-state index is -1.60. The Morgan fingerprint density at radius 1 is 1.15 bits per heavy atom. The molecule has 0 aliphatic heterocycles. The van der Waals surface area contributed by atoms with Gasteiger partial charge < -0.3 is 26.6 Å². The topological polar surface area (TPSA) is 159 Å². The van der Waals surface area contributed by atoms with Gasteiger partial charge >= 0.3 is 11.9 Å². The van der Waals surface area contributed by atoms with Crippen molar-refractivity contribution in [2.75, 3.05) is 0 Å².